The smallest absolute Gasteiger partial charge is 0.137 e. The van der Waals surface area contributed by atoms with Gasteiger partial charge in [-0.3, -0.25) is 4.98 Å². The van der Waals surface area contributed by atoms with Crippen LogP contribution < -0.4 is 0 Å². The van der Waals surface area contributed by atoms with Crippen molar-refractivity contribution in [3.63, 3.8) is 0 Å². The molecule has 0 bridgehead atoms. The van der Waals surface area contributed by atoms with Gasteiger partial charge < -0.3 is 0 Å². The maximum Gasteiger partial charge on any atom is 0.137 e. The number of aromatic nitrogens is 1. The second kappa shape index (κ2) is 3.72. The molecule has 0 N–H and O–H groups in total. The molecular weight excluding hydrogens is 181 g/mol. The minimum atomic E-state index is -0.611. The van der Waals surface area contributed by atoms with Gasteiger partial charge in [-0.1, -0.05) is 24.3 Å². The van der Waals surface area contributed by atoms with Crippen LogP contribution in [0.1, 0.15) is 18.7 Å². The van der Waals surface area contributed by atoms with Crippen molar-refractivity contribution in [3.8, 4) is 0 Å². The Bertz CT molecular complexity index is 444. The second-order valence-corrected chi connectivity index (χ2v) is 3.19. The summed E-state index contributed by atoms with van der Waals surface area (Å²) in [5.41, 5.74) is 0.603. The quantitative estimate of drug-likeness (QED) is 0.727. The molecule has 1 atom stereocenters. The summed E-state index contributed by atoms with van der Waals surface area (Å²) in [6.07, 6.45) is 1.11. The first-order valence-electron chi connectivity index (χ1n) is 4.43. The highest BCUT2D eigenvalue weighted by Crippen LogP contribution is 2.19. The van der Waals surface area contributed by atoms with Gasteiger partial charge in [0.2, 0.25) is 0 Å². The number of fused-ring (bicyclic) bond motifs is 1. The standard InChI is InChI=1S/C11H10FNO/c1-8(14-12)11-6-9-4-2-3-5-10(9)7-13-11/h2-8H,1H3. The third-order valence-corrected chi connectivity index (χ3v) is 2.20. The first kappa shape index (κ1) is 9.09. The number of pyridine rings is 1. The molecule has 0 aliphatic carbocycles. The summed E-state index contributed by atoms with van der Waals surface area (Å²) in [6.45, 7) is 1.62. The highest BCUT2D eigenvalue weighted by Gasteiger charge is 2.07. The van der Waals surface area contributed by atoms with Gasteiger partial charge in [-0.25, -0.2) is 0 Å². The highest BCUT2D eigenvalue weighted by molar-refractivity contribution is 5.81. The number of halogens is 1. The van der Waals surface area contributed by atoms with E-state index in [0.717, 1.165) is 10.8 Å². The van der Waals surface area contributed by atoms with Crippen molar-refractivity contribution in [2.75, 3.05) is 0 Å². The Labute approximate surface area is 81.2 Å². The van der Waals surface area contributed by atoms with Crippen molar-refractivity contribution in [1.82, 2.24) is 4.98 Å². The minimum Gasteiger partial charge on any atom is -0.258 e. The predicted molar refractivity (Wildman–Crippen MR) is 52.4 cm³/mol. The lowest BCUT2D eigenvalue weighted by atomic mass is 10.1. The van der Waals surface area contributed by atoms with E-state index >= 15 is 0 Å². The summed E-state index contributed by atoms with van der Waals surface area (Å²) < 4.78 is 11.9. The van der Waals surface area contributed by atoms with E-state index in [0.29, 0.717) is 5.69 Å². The van der Waals surface area contributed by atoms with Gasteiger partial charge in [0.25, 0.3) is 0 Å². The number of nitrogens with zero attached hydrogens (tertiary/aromatic N) is 1. The van der Waals surface area contributed by atoms with Crippen LogP contribution in [0.25, 0.3) is 10.8 Å². The molecule has 0 aliphatic heterocycles. The molecule has 0 amide bonds. The first-order valence-corrected chi connectivity index (χ1v) is 4.43. The molecule has 0 saturated heterocycles. The maximum absolute atomic E-state index is 11.9. The van der Waals surface area contributed by atoms with Gasteiger partial charge in [0, 0.05) is 11.6 Å². The molecule has 72 valence electrons. The molecule has 1 unspecified atom stereocenters. The van der Waals surface area contributed by atoms with Gasteiger partial charge in [0.05, 0.1) is 5.69 Å². The third-order valence-electron chi connectivity index (χ3n) is 2.20. The van der Waals surface area contributed by atoms with E-state index < -0.39 is 6.10 Å². The Morgan fingerprint density at radius 1 is 1.29 bits per heavy atom. The number of benzene rings is 1. The SMILES string of the molecule is CC(OF)c1cc2ccccc2cn1. The van der Waals surface area contributed by atoms with Crippen LogP contribution in [0.15, 0.2) is 36.5 Å². The lowest BCUT2D eigenvalue weighted by Gasteiger charge is -2.05. The topological polar surface area (TPSA) is 22.1 Å². The van der Waals surface area contributed by atoms with Crippen LogP contribution >= 0.6 is 0 Å². The maximum atomic E-state index is 11.9. The average molecular weight is 191 g/mol. The van der Waals surface area contributed by atoms with E-state index in [1.807, 2.05) is 30.3 Å². The fourth-order valence-corrected chi connectivity index (χ4v) is 1.37. The largest absolute Gasteiger partial charge is 0.258 e. The summed E-state index contributed by atoms with van der Waals surface area (Å²) in [4.78, 5) is 7.84. The van der Waals surface area contributed by atoms with Crippen molar-refractivity contribution in [2.45, 2.75) is 13.0 Å². The summed E-state index contributed by atoms with van der Waals surface area (Å²) in [6, 6.07) is 9.64. The molecule has 1 aromatic heterocycles. The molecule has 0 saturated carbocycles. The second-order valence-electron chi connectivity index (χ2n) is 3.19. The van der Waals surface area contributed by atoms with Crippen molar-refractivity contribution in [2.24, 2.45) is 0 Å². The van der Waals surface area contributed by atoms with Crippen LogP contribution in [0.3, 0.4) is 0 Å². The van der Waals surface area contributed by atoms with E-state index in [2.05, 4.69) is 9.93 Å². The molecule has 2 nitrogen and oxygen atoms in total. The third kappa shape index (κ3) is 1.59. The Morgan fingerprint density at radius 2 is 2.00 bits per heavy atom. The fraction of sp³-hybridized carbons (Fsp3) is 0.182. The molecule has 14 heavy (non-hydrogen) atoms. The molecule has 0 aliphatic rings. The highest BCUT2D eigenvalue weighted by atomic mass is 19.3. The van der Waals surface area contributed by atoms with Crippen LogP contribution in [-0.4, -0.2) is 4.98 Å². The van der Waals surface area contributed by atoms with E-state index in [9.17, 15) is 4.53 Å². The number of rotatable bonds is 2. The van der Waals surface area contributed by atoms with Gasteiger partial charge in [-0.2, -0.15) is 4.94 Å². The first-order chi connectivity index (χ1) is 6.81. The van der Waals surface area contributed by atoms with Crippen LogP contribution in [0.2, 0.25) is 0 Å². The Hall–Kier alpha value is -1.48. The van der Waals surface area contributed by atoms with E-state index in [4.69, 9.17) is 0 Å². The predicted octanol–water partition coefficient (Wildman–Crippen LogP) is 3.20. The monoisotopic (exact) mass is 191 g/mol. The molecule has 0 radical (unpaired) electrons. The van der Waals surface area contributed by atoms with Crippen molar-refractivity contribution in [1.29, 1.82) is 0 Å². The number of hydrogen-bond donors (Lipinski definition) is 0. The zero-order valence-corrected chi connectivity index (χ0v) is 7.77. The molecule has 0 fully saturated rings. The molecular formula is C11H10FNO. The summed E-state index contributed by atoms with van der Waals surface area (Å²) >= 11 is 0. The van der Waals surface area contributed by atoms with Crippen LogP contribution in [0.5, 0.6) is 0 Å². The number of hydrogen-bond acceptors (Lipinski definition) is 2. The minimum absolute atomic E-state index is 0.603. The summed E-state index contributed by atoms with van der Waals surface area (Å²) in [5, 5.41) is 2.09. The van der Waals surface area contributed by atoms with Gasteiger partial charge >= 0.3 is 0 Å². The normalized spacial score (nSPS) is 13.0. The van der Waals surface area contributed by atoms with E-state index in [-0.39, 0.29) is 0 Å². The van der Waals surface area contributed by atoms with Crippen molar-refractivity contribution >= 4 is 10.8 Å². The van der Waals surface area contributed by atoms with E-state index in [1.54, 1.807) is 13.1 Å². The van der Waals surface area contributed by atoms with Gasteiger partial charge in [0.15, 0.2) is 0 Å². The zero-order chi connectivity index (χ0) is 9.97. The molecule has 1 heterocycles. The van der Waals surface area contributed by atoms with Crippen LogP contribution in [0.4, 0.5) is 4.53 Å². The summed E-state index contributed by atoms with van der Waals surface area (Å²) in [5.74, 6) is 0. The molecule has 1 aromatic carbocycles. The Kier molecular flexibility index (Phi) is 2.41. The zero-order valence-electron chi connectivity index (χ0n) is 7.77. The summed E-state index contributed by atoms with van der Waals surface area (Å²) in [7, 11) is 0. The lowest BCUT2D eigenvalue weighted by Crippen LogP contribution is -1.96. The van der Waals surface area contributed by atoms with Crippen molar-refractivity contribution < 1.29 is 9.47 Å². The van der Waals surface area contributed by atoms with Crippen LogP contribution in [-0.2, 0) is 4.94 Å². The molecule has 0 spiro atoms. The van der Waals surface area contributed by atoms with Crippen LogP contribution in [0, 0.1) is 0 Å². The molecule has 3 heteroatoms. The van der Waals surface area contributed by atoms with Gasteiger partial charge in [-0.05, 0) is 22.9 Å². The molecule has 2 aromatic rings. The lowest BCUT2D eigenvalue weighted by molar-refractivity contribution is -0.176. The Balaban J connectivity index is 2.51. The fourth-order valence-electron chi connectivity index (χ4n) is 1.37. The average Bonchev–Trinajstić information content (AvgIpc) is 2.27. The van der Waals surface area contributed by atoms with Crippen molar-refractivity contribution in [3.05, 3.63) is 42.2 Å². The van der Waals surface area contributed by atoms with Gasteiger partial charge in [-0.15, -0.1) is 0 Å². The van der Waals surface area contributed by atoms with E-state index in [1.165, 1.54) is 0 Å². The van der Waals surface area contributed by atoms with Gasteiger partial charge in [0.1, 0.15) is 6.10 Å². The Morgan fingerprint density at radius 3 is 2.71 bits per heavy atom. The molecule has 2 rings (SSSR count).